The lowest BCUT2D eigenvalue weighted by Crippen LogP contribution is -2.42. The molecule has 0 saturated carbocycles. The van der Waals surface area contributed by atoms with Crippen molar-refractivity contribution in [3.8, 4) is 12.3 Å². The highest BCUT2D eigenvalue weighted by Crippen LogP contribution is 2.34. The molecule has 1 aromatic heterocycles. The van der Waals surface area contributed by atoms with E-state index in [0.717, 1.165) is 33.1 Å². The van der Waals surface area contributed by atoms with E-state index in [0.29, 0.717) is 31.2 Å². The highest BCUT2D eigenvalue weighted by molar-refractivity contribution is 8.18. The van der Waals surface area contributed by atoms with E-state index >= 15 is 0 Å². The van der Waals surface area contributed by atoms with E-state index in [9.17, 15) is 14.4 Å². The summed E-state index contributed by atoms with van der Waals surface area (Å²) in [5.74, 6) is 1.96. The van der Waals surface area contributed by atoms with Gasteiger partial charge in [0.1, 0.15) is 6.54 Å². The number of carbonyl (C=O) groups excluding carboxylic acids is 3. The number of para-hydroxylation sites is 1. The molecule has 0 spiro atoms. The number of aromatic nitrogens is 1. The molecule has 0 radical (unpaired) electrons. The Kier molecular flexibility index (Phi) is 5.43. The van der Waals surface area contributed by atoms with Gasteiger partial charge >= 0.3 is 0 Å². The molecule has 2 aliphatic rings. The minimum absolute atomic E-state index is 0.0231. The number of hydrogen-bond donors (Lipinski definition) is 0. The van der Waals surface area contributed by atoms with Gasteiger partial charge in [0.05, 0.1) is 24.7 Å². The molecule has 8 heteroatoms. The average Bonchev–Trinajstić information content (AvgIpc) is 3.21. The molecule has 0 bridgehead atoms. The van der Waals surface area contributed by atoms with Crippen LogP contribution >= 0.6 is 11.8 Å². The molecule has 0 atom stereocenters. The number of terminal acetylenes is 1. The summed E-state index contributed by atoms with van der Waals surface area (Å²) in [5, 5.41) is 0.538. The Labute approximate surface area is 172 Å². The van der Waals surface area contributed by atoms with Gasteiger partial charge in [-0.25, -0.2) is 0 Å². The van der Waals surface area contributed by atoms with Crippen molar-refractivity contribution >= 4 is 45.8 Å². The third kappa shape index (κ3) is 3.79. The number of hydrogen-bond acceptors (Lipinski definition) is 5. The van der Waals surface area contributed by atoms with Crippen LogP contribution < -0.4 is 0 Å². The zero-order chi connectivity index (χ0) is 20.4. The first kappa shape index (κ1) is 19.3. The molecular formula is C21H19N3O4S. The number of ether oxygens (including phenoxy) is 1. The summed E-state index contributed by atoms with van der Waals surface area (Å²) < 4.78 is 7.19. The van der Waals surface area contributed by atoms with E-state index in [1.165, 1.54) is 0 Å². The van der Waals surface area contributed by atoms with Gasteiger partial charge in [-0.15, -0.1) is 6.42 Å². The van der Waals surface area contributed by atoms with E-state index in [2.05, 4.69) is 5.92 Å². The molecule has 3 amide bonds. The van der Waals surface area contributed by atoms with E-state index in [4.69, 9.17) is 11.2 Å². The molecule has 0 N–H and O–H groups in total. The molecule has 7 nitrogen and oxygen atoms in total. The Balaban J connectivity index is 1.64. The van der Waals surface area contributed by atoms with Gasteiger partial charge in [0.25, 0.3) is 11.1 Å². The molecule has 2 aliphatic heterocycles. The number of morpholine rings is 1. The Morgan fingerprint density at radius 1 is 1.24 bits per heavy atom. The second-order valence-electron chi connectivity index (χ2n) is 6.69. The van der Waals surface area contributed by atoms with Crippen LogP contribution in [0.1, 0.15) is 5.56 Å². The van der Waals surface area contributed by atoms with E-state index in [-0.39, 0.29) is 30.1 Å². The zero-order valence-electron chi connectivity index (χ0n) is 15.7. The minimum atomic E-state index is -0.390. The number of nitrogens with zero attached hydrogens (tertiary/aromatic N) is 3. The van der Waals surface area contributed by atoms with Crippen molar-refractivity contribution in [1.82, 2.24) is 14.4 Å². The van der Waals surface area contributed by atoms with Crippen molar-refractivity contribution in [2.24, 2.45) is 0 Å². The number of rotatable bonds is 4. The Morgan fingerprint density at radius 2 is 2.00 bits per heavy atom. The van der Waals surface area contributed by atoms with Crippen molar-refractivity contribution in [2.75, 3.05) is 32.8 Å². The van der Waals surface area contributed by atoms with Gasteiger partial charge in [-0.1, -0.05) is 24.1 Å². The summed E-state index contributed by atoms with van der Waals surface area (Å²) in [5.41, 5.74) is 1.67. The van der Waals surface area contributed by atoms with Crippen molar-refractivity contribution in [3.05, 3.63) is 40.9 Å². The average molecular weight is 409 g/mol. The molecule has 29 heavy (non-hydrogen) atoms. The van der Waals surface area contributed by atoms with Gasteiger partial charge in [-0.2, -0.15) is 0 Å². The standard InChI is InChI=1S/C21H19N3O4S/c1-2-7-24-20(26)18(29-21(24)27)12-15-13-23(17-6-4-3-5-16(15)17)14-19(25)22-8-10-28-11-9-22/h1,3-6,12-13H,7-11,14H2/b18-12+. The Bertz CT molecular complexity index is 1060. The second kappa shape index (κ2) is 8.15. The van der Waals surface area contributed by atoms with Crippen molar-refractivity contribution in [1.29, 1.82) is 0 Å². The molecular weight excluding hydrogens is 390 g/mol. The summed E-state index contributed by atoms with van der Waals surface area (Å²) in [6.45, 7) is 2.44. The van der Waals surface area contributed by atoms with Gasteiger partial charge in [0.2, 0.25) is 5.91 Å². The van der Waals surface area contributed by atoms with Crippen LogP contribution in [0.15, 0.2) is 35.4 Å². The fraction of sp³-hybridized carbons (Fsp3) is 0.286. The third-order valence-electron chi connectivity index (χ3n) is 4.90. The predicted octanol–water partition coefficient (Wildman–Crippen LogP) is 2.17. The van der Waals surface area contributed by atoms with Crippen LogP contribution in [-0.4, -0.2) is 64.3 Å². The van der Waals surface area contributed by atoms with Crippen LogP contribution in [0.25, 0.3) is 17.0 Å². The SMILES string of the molecule is C#CCN1C(=O)S/C(=C/c2cn(CC(=O)N3CCOCC3)c3ccccc23)C1=O. The lowest BCUT2D eigenvalue weighted by Gasteiger charge is -2.27. The van der Waals surface area contributed by atoms with E-state index in [1.807, 2.05) is 35.0 Å². The lowest BCUT2D eigenvalue weighted by atomic mass is 10.1. The molecule has 4 rings (SSSR count). The second-order valence-corrected chi connectivity index (χ2v) is 7.69. The maximum atomic E-state index is 12.7. The van der Waals surface area contributed by atoms with E-state index in [1.54, 1.807) is 11.0 Å². The highest BCUT2D eigenvalue weighted by atomic mass is 32.2. The first-order valence-corrected chi connectivity index (χ1v) is 10.0. The van der Waals surface area contributed by atoms with Crippen LogP contribution in [0.3, 0.4) is 0 Å². The van der Waals surface area contributed by atoms with Crippen LogP contribution in [0.2, 0.25) is 0 Å². The minimum Gasteiger partial charge on any atom is -0.378 e. The summed E-state index contributed by atoms with van der Waals surface area (Å²) in [6, 6.07) is 7.67. The first-order chi connectivity index (χ1) is 14.1. The van der Waals surface area contributed by atoms with Crippen LogP contribution in [0, 0.1) is 12.3 Å². The molecule has 2 fully saturated rings. The Hall–Kier alpha value is -3.02. The number of carbonyl (C=O) groups is 3. The third-order valence-corrected chi connectivity index (χ3v) is 5.81. The quantitative estimate of drug-likeness (QED) is 0.572. The largest absolute Gasteiger partial charge is 0.378 e. The first-order valence-electron chi connectivity index (χ1n) is 9.20. The van der Waals surface area contributed by atoms with Crippen molar-refractivity contribution in [2.45, 2.75) is 6.54 Å². The number of imide groups is 1. The molecule has 2 saturated heterocycles. The summed E-state index contributed by atoms with van der Waals surface area (Å²) >= 11 is 0.876. The van der Waals surface area contributed by atoms with Crippen molar-refractivity contribution < 1.29 is 19.1 Å². The van der Waals surface area contributed by atoms with Crippen LogP contribution in [-0.2, 0) is 20.9 Å². The summed E-state index contributed by atoms with van der Waals surface area (Å²) in [6.07, 6.45) is 8.78. The van der Waals surface area contributed by atoms with Gasteiger partial charge in [0, 0.05) is 35.8 Å². The Morgan fingerprint density at radius 3 is 2.76 bits per heavy atom. The molecule has 2 aromatic rings. The molecule has 3 heterocycles. The molecule has 1 aromatic carbocycles. The maximum Gasteiger partial charge on any atom is 0.294 e. The van der Waals surface area contributed by atoms with Gasteiger partial charge in [0.15, 0.2) is 0 Å². The zero-order valence-corrected chi connectivity index (χ0v) is 16.5. The lowest BCUT2D eigenvalue weighted by molar-refractivity contribution is -0.135. The van der Waals surface area contributed by atoms with Crippen LogP contribution in [0.5, 0.6) is 0 Å². The fourth-order valence-corrected chi connectivity index (χ4v) is 4.28. The number of fused-ring (bicyclic) bond motifs is 1. The topological polar surface area (TPSA) is 71.8 Å². The molecule has 0 unspecified atom stereocenters. The van der Waals surface area contributed by atoms with E-state index < -0.39 is 0 Å². The normalized spacial score (nSPS) is 18.7. The van der Waals surface area contributed by atoms with Crippen LogP contribution in [0.4, 0.5) is 4.79 Å². The van der Waals surface area contributed by atoms with Crippen molar-refractivity contribution in [3.63, 3.8) is 0 Å². The summed E-state index contributed by atoms with van der Waals surface area (Å²) in [7, 11) is 0. The van der Waals surface area contributed by atoms with Gasteiger partial charge in [-0.3, -0.25) is 19.3 Å². The number of thioether (sulfide) groups is 1. The highest BCUT2D eigenvalue weighted by Gasteiger charge is 2.34. The summed E-state index contributed by atoms with van der Waals surface area (Å²) in [4.78, 5) is 40.4. The predicted molar refractivity (Wildman–Crippen MR) is 111 cm³/mol. The molecule has 0 aliphatic carbocycles. The molecule has 148 valence electrons. The maximum absolute atomic E-state index is 12.7. The van der Waals surface area contributed by atoms with Gasteiger partial charge in [-0.05, 0) is 23.9 Å². The smallest absolute Gasteiger partial charge is 0.294 e. The number of amides is 3. The fourth-order valence-electron chi connectivity index (χ4n) is 3.45. The number of benzene rings is 1. The van der Waals surface area contributed by atoms with Gasteiger partial charge < -0.3 is 14.2 Å². The monoisotopic (exact) mass is 409 g/mol.